The largest absolute Gasteiger partial charge is 0.484 e. The lowest BCUT2D eigenvalue weighted by atomic mass is 9.93. The third-order valence-corrected chi connectivity index (χ3v) is 10.2. The molecular formula is C42H54N8O8. The Hall–Kier alpha value is -5.66. The van der Waals surface area contributed by atoms with Crippen molar-refractivity contribution in [3.8, 4) is 11.8 Å². The molecule has 58 heavy (non-hydrogen) atoms. The van der Waals surface area contributed by atoms with E-state index < -0.39 is 17.9 Å². The molecule has 0 bridgehead atoms. The number of nitriles is 1. The molecule has 0 radical (unpaired) electrons. The zero-order valence-corrected chi connectivity index (χ0v) is 33.9. The maximum atomic E-state index is 13.0. The van der Waals surface area contributed by atoms with Gasteiger partial charge in [0.15, 0.2) is 6.61 Å². The van der Waals surface area contributed by atoms with Gasteiger partial charge in [-0.3, -0.25) is 33.9 Å². The number of aromatic nitrogens is 2. The van der Waals surface area contributed by atoms with Crippen LogP contribution in [-0.2, 0) is 28.7 Å². The molecule has 5 rings (SSSR count). The minimum absolute atomic E-state index is 0.0780. The van der Waals surface area contributed by atoms with Crippen LogP contribution in [0.25, 0.3) is 10.9 Å². The van der Waals surface area contributed by atoms with Gasteiger partial charge in [0.2, 0.25) is 17.7 Å². The monoisotopic (exact) mass is 798 g/mol. The first kappa shape index (κ1) is 43.5. The SMILES string of the molecule is CN1C(=O)C[C@H](C(=O)NCCOCC(C)(C)COCC(C)(C)CNC(=O)COc2ccc3c(C(=O)NCC(=O)N4CCC[C@H]4C#N)ccnc3c2)[C@H]1c1cccnc1. The van der Waals surface area contributed by atoms with Gasteiger partial charge < -0.3 is 40.0 Å². The topological polar surface area (TPSA) is 205 Å². The van der Waals surface area contributed by atoms with Crippen LogP contribution >= 0.6 is 0 Å². The lowest BCUT2D eigenvalue weighted by Gasteiger charge is -2.29. The zero-order chi connectivity index (χ0) is 41.9. The summed E-state index contributed by atoms with van der Waals surface area (Å²) in [5, 5.41) is 18.3. The Morgan fingerprint density at radius 1 is 0.983 bits per heavy atom. The number of fused-ring (bicyclic) bond motifs is 1. The number of carbonyl (C=O) groups excluding carboxylic acids is 5. The molecule has 5 amide bonds. The van der Waals surface area contributed by atoms with Gasteiger partial charge >= 0.3 is 0 Å². The van der Waals surface area contributed by atoms with Gasteiger partial charge in [0.05, 0.1) is 62.1 Å². The Bertz CT molecular complexity index is 1980. The highest BCUT2D eigenvalue weighted by Crippen LogP contribution is 2.36. The van der Waals surface area contributed by atoms with Gasteiger partial charge in [-0.1, -0.05) is 33.8 Å². The average Bonchev–Trinajstić information content (AvgIpc) is 3.81. The van der Waals surface area contributed by atoms with E-state index in [0.717, 1.165) is 12.0 Å². The van der Waals surface area contributed by atoms with Gasteiger partial charge in [-0.05, 0) is 42.7 Å². The van der Waals surface area contributed by atoms with Crippen LogP contribution in [0.5, 0.6) is 5.75 Å². The number of carbonyl (C=O) groups is 5. The number of likely N-dealkylation sites (tertiary alicyclic amines) is 2. The fraction of sp³-hybridized carbons (Fsp3) is 0.524. The van der Waals surface area contributed by atoms with Crippen molar-refractivity contribution < 1.29 is 38.2 Å². The molecule has 310 valence electrons. The first-order chi connectivity index (χ1) is 27.7. The second kappa shape index (κ2) is 19.7. The van der Waals surface area contributed by atoms with Crippen LogP contribution in [0.4, 0.5) is 0 Å². The number of hydrogen-bond donors (Lipinski definition) is 3. The molecule has 2 aliphatic rings. The Morgan fingerprint density at radius 2 is 1.76 bits per heavy atom. The summed E-state index contributed by atoms with van der Waals surface area (Å²) < 4.78 is 17.7. The predicted octanol–water partition coefficient (Wildman–Crippen LogP) is 2.79. The smallest absolute Gasteiger partial charge is 0.257 e. The van der Waals surface area contributed by atoms with E-state index in [1.54, 1.807) is 54.7 Å². The zero-order valence-electron chi connectivity index (χ0n) is 33.9. The Morgan fingerprint density at radius 3 is 2.52 bits per heavy atom. The fourth-order valence-electron chi connectivity index (χ4n) is 7.04. The first-order valence-electron chi connectivity index (χ1n) is 19.5. The Labute approximate surface area is 339 Å². The molecule has 4 heterocycles. The second-order valence-electron chi connectivity index (χ2n) is 16.4. The van der Waals surface area contributed by atoms with Gasteiger partial charge in [0, 0.05) is 74.0 Å². The van der Waals surface area contributed by atoms with Gasteiger partial charge in [0.25, 0.3) is 11.8 Å². The third kappa shape index (κ3) is 11.7. The summed E-state index contributed by atoms with van der Waals surface area (Å²) in [6.07, 6.45) is 6.38. The summed E-state index contributed by atoms with van der Waals surface area (Å²) >= 11 is 0. The molecule has 2 fully saturated rings. The van der Waals surface area contributed by atoms with Crippen LogP contribution in [-0.4, -0.2) is 122 Å². The summed E-state index contributed by atoms with van der Waals surface area (Å²) in [6.45, 7) is 10.3. The van der Waals surface area contributed by atoms with E-state index in [2.05, 4.69) is 32.0 Å². The van der Waals surface area contributed by atoms with E-state index in [-0.39, 0.29) is 60.1 Å². The summed E-state index contributed by atoms with van der Waals surface area (Å²) in [5.74, 6) is -1.41. The van der Waals surface area contributed by atoms with Crippen molar-refractivity contribution >= 4 is 40.4 Å². The van der Waals surface area contributed by atoms with E-state index in [1.165, 1.54) is 11.1 Å². The predicted molar refractivity (Wildman–Crippen MR) is 213 cm³/mol. The molecule has 3 atom stereocenters. The van der Waals surface area contributed by atoms with Crippen molar-refractivity contribution in [3.63, 3.8) is 0 Å². The Kier molecular flexibility index (Phi) is 14.7. The van der Waals surface area contributed by atoms with Crippen molar-refractivity contribution in [1.29, 1.82) is 5.26 Å². The highest BCUT2D eigenvalue weighted by Gasteiger charge is 2.42. The van der Waals surface area contributed by atoms with Crippen molar-refractivity contribution in [3.05, 3.63) is 66.1 Å². The van der Waals surface area contributed by atoms with Crippen molar-refractivity contribution in [2.75, 3.05) is 66.3 Å². The van der Waals surface area contributed by atoms with Gasteiger partial charge in [0.1, 0.15) is 11.8 Å². The van der Waals surface area contributed by atoms with Crippen molar-refractivity contribution in [2.24, 2.45) is 16.7 Å². The second-order valence-corrected chi connectivity index (χ2v) is 16.4. The Balaban J connectivity index is 0.971. The van der Waals surface area contributed by atoms with Crippen LogP contribution in [0.2, 0.25) is 0 Å². The van der Waals surface area contributed by atoms with E-state index in [4.69, 9.17) is 14.2 Å². The number of benzene rings is 1. The molecule has 0 aliphatic carbocycles. The van der Waals surface area contributed by atoms with E-state index in [0.29, 0.717) is 74.7 Å². The van der Waals surface area contributed by atoms with E-state index in [9.17, 15) is 29.2 Å². The molecule has 3 N–H and O–H groups in total. The molecule has 2 aromatic heterocycles. The van der Waals surface area contributed by atoms with Crippen molar-refractivity contribution in [2.45, 2.75) is 59.0 Å². The quantitative estimate of drug-likeness (QED) is 0.151. The number of rotatable bonds is 19. The molecule has 0 unspecified atom stereocenters. The number of nitrogens with zero attached hydrogens (tertiary/aromatic N) is 5. The maximum absolute atomic E-state index is 13.0. The highest BCUT2D eigenvalue weighted by atomic mass is 16.5. The molecule has 3 aromatic rings. The average molecular weight is 799 g/mol. The molecular weight excluding hydrogens is 745 g/mol. The normalized spacial score (nSPS) is 18.2. The van der Waals surface area contributed by atoms with Crippen LogP contribution in [0.1, 0.15) is 68.9 Å². The van der Waals surface area contributed by atoms with Gasteiger partial charge in [-0.2, -0.15) is 5.26 Å². The van der Waals surface area contributed by atoms with Crippen LogP contribution in [0, 0.1) is 28.1 Å². The molecule has 1 aromatic carbocycles. The number of nitrogens with one attached hydrogen (secondary N) is 3. The molecule has 0 spiro atoms. The van der Waals surface area contributed by atoms with Crippen LogP contribution in [0.3, 0.4) is 0 Å². The molecule has 16 heteroatoms. The lowest BCUT2D eigenvalue weighted by Crippen LogP contribution is -2.42. The van der Waals surface area contributed by atoms with Crippen LogP contribution in [0.15, 0.2) is 55.0 Å². The first-order valence-corrected chi connectivity index (χ1v) is 19.5. The number of pyridine rings is 2. The van der Waals surface area contributed by atoms with E-state index in [1.807, 2.05) is 33.8 Å². The third-order valence-electron chi connectivity index (χ3n) is 10.2. The number of hydrogen-bond acceptors (Lipinski definition) is 11. The lowest BCUT2D eigenvalue weighted by molar-refractivity contribution is -0.130. The molecule has 16 nitrogen and oxygen atoms in total. The summed E-state index contributed by atoms with van der Waals surface area (Å²) in [4.78, 5) is 75.3. The molecule has 2 saturated heterocycles. The molecule has 0 saturated carbocycles. The summed E-state index contributed by atoms with van der Waals surface area (Å²) in [6, 6.07) is 11.5. The standard InChI is InChI=1S/C42H54N8O8/c1-41(2,25-57-27-42(3,4)26-56-17-15-46-40(55)33-19-36(52)49(5)38(33)28-8-6-13-44-21-28)24-48-35(51)23-58-30-10-11-31-32(12-14-45-34(31)18-30)39(54)47-22-37(53)50-16-7-9-29(50)20-43/h6,8,10-14,18,21,29,33,38H,7,9,15-17,19,22-27H2,1-5H3,(H,46,55)(H,47,54)(H,48,51)/t29-,33-,38+/m0/s1. The minimum atomic E-state index is -0.501. The van der Waals surface area contributed by atoms with Crippen LogP contribution < -0.4 is 20.7 Å². The fourth-order valence-corrected chi connectivity index (χ4v) is 7.04. The molecule has 2 aliphatic heterocycles. The number of amides is 5. The summed E-state index contributed by atoms with van der Waals surface area (Å²) in [7, 11) is 1.71. The minimum Gasteiger partial charge on any atom is -0.484 e. The van der Waals surface area contributed by atoms with E-state index >= 15 is 0 Å². The highest BCUT2D eigenvalue weighted by molar-refractivity contribution is 6.07. The van der Waals surface area contributed by atoms with Gasteiger partial charge in [-0.25, -0.2) is 0 Å². The summed E-state index contributed by atoms with van der Waals surface area (Å²) in [5.41, 5.74) is 0.970. The van der Waals surface area contributed by atoms with Crippen molar-refractivity contribution in [1.82, 2.24) is 35.7 Å². The van der Waals surface area contributed by atoms with Gasteiger partial charge in [-0.15, -0.1) is 0 Å². The maximum Gasteiger partial charge on any atom is 0.257 e. The number of ether oxygens (including phenoxy) is 3.